The normalized spacial score (nSPS) is 18.2. The van der Waals surface area contributed by atoms with Crippen molar-refractivity contribution < 1.29 is 13.9 Å². The van der Waals surface area contributed by atoms with Crippen molar-refractivity contribution in [2.45, 2.75) is 6.54 Å². The fourth-order valence-electron chi connectivity index (χ4n) is 2.20. The van der Waals surface area contributed by atoms with Crippen LogP contribution in [0.2, 0.25) is 0 Å². The third-order valence-corrected chi connectivity index (χ3v) is 3.29. The highest BCUT2D eigenvalue weighted by Crippen LogP contribution is 2.13. The summed E-state index contributed by atoms with van der Waals surface area (Å²) in [4.78, 5) is 4.32. The predicted octanol–water partition coefficient (Wildman–Crippen LogP) is 1.07. The molecule has 5 heteroatoms. The van der Waals surface area contributed by atoms with Crippen molar-refractivity contribution in [1.29, 1.82) is 0 Å². The summed E-state index contributed by atoms with van der Waals surface area (Å²) in [7, 11) is 0. The molecule has 0 atom stereocenters. The zero-order valence-electron chi connectivity index (χ0n) is 10.3. The van der Waals surface area contributed by atoms with Gasteiger partial charge >= 0.3 is 0 Å². The van der Waals surface area contributed by atoms with Gasteiger partial charge in [-0.05, 0) is 6.07 Å². The van der Waals surface area contributed by atoms with E-state index in [1.165, 1.54) is 12.1 Å². The molecule has 0 saturated carbocycles. The van der Waals surface area contributed by atoms with Crippen molar-refractivity contribution >= 4 is 0 Å². The molecule has 1 N–H and O–H groups in total. The maximum absolute atomic E-state index is 13.5. The van der Waals surface area contributed by atoms with Gasteiger partial charge in [0.25, 0.3) is 0 Å². The fourth-order valence-corrected chi connectivity index (χ4v) is 2.20. The fraction of sp³-hybridized carbons (Fsp3) is 0.538. The third-order valence-electron chi connectivity index (χ3n) is 3.29. The molecule has 2 rings (SSSR count). The summed E-state index contributed by atoms with van der Waals surface area (Å²) in [6.07, 6.45) is 0. The Bertz CT molecular complexity index is 393. The molecule has 1 heterocycles. The average molecular weight is 256 g/mol. The minimum atomic E-state index is -0.538. The lowest BCUT2D eigenvalue weighted by atomic mass is 10.2. The van der Waals surface area contributed by atoms with E-state index in [9.17, 15) is 8.78 Å². The topological polar surface area (TPSA) is 26.7 Å². The molecule has 1 aliphatic heterocycles. The summed E-state index contributed by atoms with van der Waals surface area (Å²) in [6, 6.07) is 3.72. The Hall–Kier alpha value is -1.04. The summed E-state index contributed by atoms with van der Waals surface area (Å²) < 4.78 is 26.3. The van der Waals surface area contributed by atoms with Crippen LogP contribution in [0.4, 0.5) is 8.78 Å². The minimum Gasteiger partial charge on any atom is -0.395 e. The van der Waals surface area contributed by atoms with Gasteiger partial charge in [-0.15, -0.1) is 0 Å². The number of aliphatic hydroxyl groups is 1. The van der Waals surface area contributed by atoms with Gasteiger partial charge in [0.15, 0.2) is 0 Å². The quantitative estimate of drug-likeness (QED) is 0.873. The summed E-state index contributed by atoms with van der Waals surface area (Å²) in [6.45, 7) is 4.82. The number of aliphatic hydroxyl groups excluding tert-OH is 1. The zero-order valence-corrected chi connectivity index (χ0v) is 10.3. The van der Waals surface area contributed by atoms with Crippen LogP contribution in [0.5, 0.6) is 0 Å². The van der Waals surface area contributed by atoms with Gasteiger partial charge in [0, 0.05) is 50.9 Å². The molecule has 1 saturated heterocycles. The molecule has 0 spiro atoms. The highest BCUT2D eigenvalue weighted by atomic mass is 19.1. The molecule has 1 aliphatic rings. The lowest BCUT2D eigenvalue weighted by molar-refractivity contribution is 0.108. The molecule has 1 fully saturated rings. The minimum absolute atomic E-state index is 0.173. The summed E-state index contributed by atoms with van der Waals surface area (Å²) in [5, 5.41) is 8.84. The molecule has 0 aromatic heterocycles. The van der Waals surface area contributed by atoms with Gasteiger partial charge in [-0.3, -0.25) is 9.80 Å². The molecule has 0 amide bonds. The van der Waals surface area contributed by atoms with Gasteiger partial charge in [0.1, 0.15) is 11.6 Å². The van der Waals surface area contributed by atoms with Gasteiger partial charge in [-0.2, -0.15) is 0 Å². The molecule has 3 nitrogen and oxygen atoms in total. The van der Waals surface area contributed by atoms with Crippen LogP contribution in [0, 0.1) is 11.6 Å². The van der Waals surface area contributed by atoms with E-state index in [-0.39, 0.29) is 6.61 Å². The van der Waals surface area contributed by atoms with E-state index in [0.717, 1.165) is 32.2 Å². The molecule has 0 bridgehead atoms. The van der Waals surface area contributed by atoms with Crippen molar-refractivity contribution in [1.82, 2.24) is 9.80 Å². The van der Waals surface area contributed by atoms with E-state index in [1.807, 2.05) is 0 Å². The van der Waals surface area contributed by atoms with E-state index in [1.54, 1.807) is 0 Å². The second-order valence-electron chi connectivity index (χ2n) is 4.58. The molecule has 1 aromatic carbocycles. The van der Waals surface area contributed by atoms with Crippen LogP contribution in [0.3, 0.4) is 0 Å². The Balaban J connectivity index is 1.87. The SMILES string of the molecule is OCCN1CCN(Cc2ccc(F)cc2F)CC1. The second kappa shape index (κ2) is 6.22. The van der Waals surface area contributed by atoms with Crippen molar-refractivity contribution in [3.05, 3.63) is 35.4 Å². The number of benzene rings is 1. The Morgan fingerprint density at radius 2 is 1.72 bits per heavy atom. The highest BCUT2D eigenvalue weighted by molar-refractivity contribution is 5.18. The van der Waals surface area contributed by atoms with E-state index in [2.05, 4.69) is 9.80 Å². The summed E-state index contributed by atoms with van der Waals surface area (Å²) in [5.74, 6) is -1.02. The van der Waals surface area contributed by atoms with Gasteiger partial charge in [0.2, 0.25) is 0 Å². The Morgan fingerprint density at radius 3 is 2.33 bits per heavy atom. The third kappa shape index (κ3) is 3.48. The monoisotopic (exact) mass is 256 g/mol. The van der Waals surface area contributed by atoms with Crippen LogP contribution in [0.15, 0.2) is 18.2 Å². The Kier molecular flexibility index (Phi) is 4.63. The van der Waals surface area contributed by atoms with Gasteiger partial charge in [-0.1, -0.05) is 6.07 Å². The zero-order chi connectivity index (χ0) is 13.0. The van der Waals surface area contributed by atoms with Gasteiger partial charge < -0.3 is 5.11 Å². The second-order valence-corrected chi connectivity index (χ2v) is 4.58. The maximum Gasteiger partial charge on any atom is 0.130 e. The largest absolute Gasteiger partial charge is 0.395 e. The summed E-state index contributed by atoms with van der Waals surface area (Å²) >= 11 is 0. The van der Waals surface area contributed by atoms with Crippen LogP contribution < -0.4 is 0 Å². The van der Waals surface area contributed by atoms with E-state index in [0.29, 0.717) is 18.7 Å². The first-order valence-electron chi connectivity index (χ1n) is 6.18. The first-order valence-corrected chi connectivity index (χ1v) is 6.18. The van der Waals surface area contributed by atoms with Crippen molar-refractivity contribution in [3.8, 4) is 0 Å². The Labute approximate surface area is 106 Å². The molecule has 1 aromatic rings. The number of β-amino-alcohol motifs (C(OH)–C–C–N with tert-alkyl or cyclic N) is 1. The van der Waals surface area contributed by atoms with Crippen LogP contribution in [-0.4, -0.2) is 54.2 Å². The van der Waals surface area contributed by atoms with Crippen LogP contribution in [-0.2, 0) is 6.54 Å². The van der Waals surface area contributed by atoms with E-state index < -0.39 is 11.6 Å². The van der Waals surface area contributed by atoms with E-state index >= 15 is 0 Å². The van der Waals surface area contributed by atoms with Crippen LogP contribution >= 0.6 is 0 Å². The predicted molar refractivity (Wildman–Crippen MR) is 65.2 cm³/mol. The van der Waals surface area contributed by atoms with Crippen molar-refractivity contribution in [2.75, 3.05) is 39.3 Å². The van der Waals surface area contributed by atoms with Gasteiger partial charge in [-0.25, -0.2) is 8.78 Å². The number of piperazine rings is 1. The smallest absolute Gasteiger partial charge is 0.130 e. The lowest BCUT2D eigenvalue weighted by Crippen LogP contribution is -2.46. The molecule has 0 unspecified atom stereocenters. The molecular weight excluding hydrogens is 238 g/mol. The number of halogens is 2. The summed E-state index contributed by atoms with van der Waals surface area (Å²) in [5.41, 5.74) is 0.534. The number of rotatable bonds is 4. The average Bonchev–Trinajstić information content (AvgIpc) is 2.35. The molecule has 100 valence electrons. The van der Waals surface area contributed by atoms with Crippen molar-refractivity contribution in [3.63, 3.8) is 0 Å². The van der Waals surface area contributed by atoms with Gasteiger partial charge in [0.05, 0.1) is 6.61 Å². The highest BCUT2D eigenvalue weighted by Gasteiger charge is 2.17. The number of nitrogens with zero attached hydrogens (tertiary/aromatic N) is 2. The first kappa shape index (κ1) is 13.4. The molecular formula is C13H18F2N2O. The van der Waals surface area contributed by atoms with Crippen LogP contribution in [0.1, 0.15) is 5.56 Å². The standard InChI is InChI=1S/C13H18F2N2O/c14-12-2-1-11(13(15)9-12)10-17-5-3-16(4-6-17)7-8-18/h1-2,9,18H,3-8,10H2. The molecule has 18 heavy (non-hydrogen) atoms. The van der Waals surface area contributed by atoms with Crippen LogP contribution in [0.25, 0.3) is 0 Å². The maximum atomic E-state index is 13.5. The Morgan fingerprint density at radius 1 is 1.06 bits per heavy atom. The molecule has 0 radical (unpaired) electrons. The molecule has 0 aliphatic carbocycles. The number of hydrogen-bond acceptors (Lipinski definition) is 3. The van der Waals surface area contributed by atoms with E-state index in [4.69, 9.17) is 5.11 Å². The number of hydrogen-bond donors (Lipinski definition) is 1. The first-order chi connectivity index (χ1) is 8.69. The lowest BCUT2D eigenvalue weighted by Gasteiger charge is -2.34. The van der Waals surface area contributed by atoms with Crippen molar-refractivity contribution in [2.24, 2.45) is 0 Å².